The van der Waals surface area contributed by atoms with Gasteiger partial charge in [0, 0.05) is 33.1 Å². The summed E-state index contributed by atoms with van der Waals surface area (Å²) in [5.41, 5.74) is 0.986. The molecule has 0 aromatic rings. The van der Waals surface area contributed by atoms with Gasteiger partial charge in [-0.3, -0.25) is 9.59 Å². The van der Waals surface area contributed by atoms with Crippen molar-refractivity contribution in [2.75, 3.05) is 20.8 Å². The lowest BCUT2D eigenvalue weighted by Crippen LogP contribution is -2.61. The van der Waals surface area contributed by atoms with E-state index >= 15 is 0 Å². The lowest BCUT2D eigenvalue weighted by Gasteiger charge is -2.42. The molecule has 3 fully saturated rings. The van der Waals surface area contributed by atoms with Gasteiger partial charge in [0.05, 0.1) is 24.4 Å². The molecule has 0 radical (unpaired) electrons. The molecule has 0 aromatic heterocycles. The van der Waals surface area contributed by atoms with E-state index < -0.39 is 47.6 Å². The first-order valence-corrected chi connectivity index (χ1v) is 19.6. The Labute approximate surface area is 306 Å². The van der Waals surface area contributed by atoms with E-state index in [2.05, 4.69) is 26.0 Å². The smallest absolute Gasteiger partial charge is 0.329 e. The molecule has 10 heteroatoms. The Morgan fingerprint density at radius 1 is 0.922 bits per heavy atom. The number of methoxy groups -OCH3 is 2. The molecule has 4 aliphatic rings. The first-order valence-electron chi connectivity index (χ1n) is 19.6. The van der Waals surface area contributed by atoms with Gasteiger partial charge in [-0.15, -0.1) is 0 Å². The molecule has 4 rings (SSSR count). The molecule has 6 unspecified atom stereocenters. The van der Waals surface area contributed by atoms with Gasteiger partial charge in [0.25, 0.3) is 11.7 Å². The number of Topliss-reactive ketones (excluding diaryl/α,β-unsaturated/α-hetero) is 1. The van der Waals surface area contributed by atoms with Crippen LogP contribution >= 0.6 is 0 Å². The lowest BCUT2D eigenvalue weighted by molar-refractivity contribution is -0.265. The Kier molecular flexibility index (Phi) is 15.9. The molecule has 1 aliphatic carbocycles. The zero-order valence-corrected chi connectivity index (χ0v) is 32.0. The Morgan fingerprint density at radius 2 is 1.67 bits per heavy atom. The van der Waals surface area contributed by atoms with Crippen molar-refractivity contribution in [1.29, 1.82) is 0 Å². The molecule has 1 saturated carbocycles. The van der Waals surface area contributed by atoms with Gasteiger partial charge >= 0.3 is 5.97 Å². The summed E-state index contributed by atoms with van der Waals surface area (Å²) in [5, 5.41) is 22.1. The predicted molar refractivity (Wildman–Crippen MR) is 195 cm³/mol. The first-order chi connectivity index (χ1) is 24.4. The third-order valence-corrected chi connectivity index (χ3v) is 12.0. The summed E-state index contributed by atoms with van der Waals surface area (Å²) >= 11 is 0. The summed E-state index contributed by atoms with van der Waals surface area (Å²) in [5.74, 6) is -4.54. The molecule has 2 saturated heterocycles. The second-order valence-electron chi connectivity index (χ2n) is 15.9. The highest BCUT2D eigenvalue weighted by Gasteiger charge is 2.53. The Morgan fingerprint density at radius 3 is 2.41 bits per heavy atom. The highest BCUT2D eigenvalue weighted by atomic mass is 16.6. The summed E-state index contributed by atoms with van der Waals surface area (Å²) in [7, 11) is 3.27. The van der Waals surface area contributed by atoms with E-state index in [-0.39, 0.29) is 30.8 Å². The summed E-state index contributed by atoms with van der Waals surface area (Å²) in [6, 6.07) is -0.907. The number of allylic oxidation sites excluding steroid dienone is 5. The van der Waals surface area contributed by atoms with Gasteiger partial charge in [0.15, 0.2) is 0 Å². The van der Waals surface area contributed by atoms with Crippen molar-refractivity contribution >= 4 is 17.7 Å². The fraction of sp³-hybridized carbons (Fsp3) is 0.780. The number of piperidine rings is 1. The van der Waals surface area contributed by atoms with Crippen LogP contribution in [0.3, 0.4) is 0 Å². The standard InChI is InChI=1S/C41H65NO9/c1-27-14-8-7-9-16-28(2)36(48-5)26-32-21-19-30(4)41(47,51-32)38(44)39(45)42-23-13-12-17-33(42)40(46)50-35(18-11-10-15-27)29(3)24-31-20-22-34(43)37(25-31)49-6/h7-9,14,16,27,29-37,43,47H,10-13,15,17-26H2,1-6H3/b9-7+,14-8+,28-16+/t27-,29-,30?,31?,32+,33?,34?,35+,36+,37?,41?/m1/s1. The van der Waals surface area contributed by atoms with Crippen LogP contribution in [0.4, 0.5) is 0 Å². The topological polar surface area (TPSA) is 132 Å². The predicted octanol–water partition coefficient (Wildman–Crippen LogP) is 6.23. The van der Waals surface area contributed by atoms with Gasteiger partial charge < -0.3 is 34.1 Å². The quantitative estimate of drug-likeness (QED) is 0.251. The van der Waals surface area contributed by atoms with Crippen LogP contribution in [-0.4, -0.2) is 95.9 Å². The van der Waals surface area contributed by atoms with Gasteiger partial charge in [-0.05, 0) is 107 Å². The van der Waals surface area contributed by atoms with Gasteiger partial charge in [-0.1, -0.05) is 57.6 Å². The Bertz CT molecular complexity index is 1250. The molecule has 3 heterocycles. The van der Waals surface area contributed by atoms with Crippen LogP contribution in [0.1, 0.15) is 118 Å². The fourth-order valence-electron chi connectivity index (χ4n) is 8.48. The monoisotopic (exact) mass is 715 g/mol. The SMILES string of the molecule is COC1CC(C[C@@H](C)[C@@H]2CCCC[C@H](C)/C=C/C=C/C=C(\C)[C@@H](OC)C[C@@H]3CCC(C)C(O)(O3)C(=O)C(=O)N3CCCCC3C(=O)O2)CCC1O. The lowest BCUT2D eigenvalue weighted by atomic mass is 9.78. The number of hydrogen-bond acceptors (Lipinski definition) is 9. The third kappa shape index (κ3) is 11.1. The van der Waals surface area contributed by atoms with Crippen LogP contribution < -0.4 is 0 Å². The summed E-state index contributed by atoms with van der Waals surface area (Å²) in [6.07, 6.45) is 18.5. The van der Waals surface area contributed by atoms with Crippen LogP contribution in [0.5, 0.6) is 0 Å². The average Bonchev–Trinajstić information content (AvgIpc) is 3.12. The number of nitrogens with zero attached hydrogens (tertiary/aromatic N) is 1. The summed E-state index contributed by atoms with van der Waals surface area (Å²) in [4.78, 5) is 43.3. The van der Waals surface area contributed by atoms with Crippen molar-refractivity contribution in [2.45, 2.75) is 160 Å². The number of ketones is 1. The van der Waals surface area contributed by atoms with Crippen molar-refractivity contribution in [3.05, 3.63) is 36.0 Å². The van der Waals surface area contributed by atoms with E-state index in [1.807, 2.05) is 25.2 Å². The zero-order chi connectivity index (χ0) is 37.1. The number of aliphatic hydroxyl groups excluding tert-OH is 1. The molecule has 2 N–H and O–H groups in total. The maximum atomic E-state index is 14.0. The van der Waals surface area contributed by atoms with Crippen molar-refractivity contribution < 1.29 is 43.5 Å². The second kappa shape index (κ2) is 19.6. The van der Waals surface area contributed by atoms with E-state index in [0.29, 0.717) is 56.8 Å². The number of aliphatic hydroxyl groups is 2. The minimum absolute atomic E-state index is 0.0552. The van der Waals surface area contributed by atoms with Gasteiger partial charge in [-0.25, -0.2) is 4.79 Å². The highest BCUT2D eigenvalue weighted by Crippen LogP contribution is 2.37. The van der Waals surface area contributed by atoms with E-state index in [0.717, 1.165) is 50.5 Å². The molecule has 3 aliphatic heterocycles. The van der Waals surface area contributed by atoms with Gasteiger partial charge in [0.2, 0.25) is 5.79 Å². The number of ether oxygens (including phenoxy) is 4. The van der Waals surface area contributed by atoms with Crippen molar-refractivity contribution in [3.8, 4) is 0 Å². The number of rotatable bonds is 5. The molecule has 51 heavy (non-hydrogen) atoms. The minimum atomic E-state index is -2.30. The number of esters is 1. The number of carbonyl (C=O) groups is 3. The van der Waals surface area contributed by atoms with Crippen LogP contribution in [0.2, 0.25) is 0 Å². The molecule has 288 valence electrons. The third-order valence-electron chi connectivity index (χ3n) is 12.0. The van der Waals surface area contributed by atoms with Crippen molar-refractivity contribution in [1.82, 2.24) is 4.90 Å². The van der Waals surface area contributed by atoms with E-state index in [1.54, 1.807) is 21.1 Å². The number of fused-ring (bicyclic) bond motifs is 3. The number of carbonyl (C=O) groups excluding carboxylic acids is 3. The van der Waals surface area contributed by atoms with E-state index in [4.69, 9.17) is 18.9 Å². The number of cyclic esters (lactones) is 1. The maximum Gasteiger partial charge on any atom is 0.329 e. The fourth-order valence-corrected chi connectivity index (χ4v) is 8.48. The normalized spacial score (nSPS) is 39.9. The molecule has 2 bridgehead atoms. The van der Waals surface area contributed by atoms with Crippen molar-refractivity contribution in [2.24, 2.45) is 23.7 Å². The molecule has 11 atom stereocenters. The maximum absolute atomic E-state index is 14.0. The minimum Gasteiger partial charge on any atom is -0.461 e. The second-order valence-corrected chi connectivity index (χ2v) is 15.9. The molecule has 1 amide bonds. The van der Waals surface area contributed by atoms with Crippen LogP contribution in [0, 0.1) is 23.7 Å². The molecule has 10 nitrogen and oxygen atoms in total. The largest absolute Gasteiger partial charge is 0.461 e. The first kappa shape index (κ1) is 41.4. The average molecular weight is 716 g/mol. The van der Waals surface area contributed by atoms with Crippen LogP contribution in [0.15, 0.2) is 36.0 Å². The van der Waals surface area contributed by atoms with Gasteiger partial charge in [0.1, 0.15) is 12.1 Å². The molecular weight excluding hydrogens is 650 g/mol. The number of amides is 1. The molecular formula is C41H65NO9. The molecule has 0 aromatic carbocycles. The summed E-state index contributed by atoms with van der Waals surface area (Å²) in [6.45, 7) is 8.27. The zero-order valence-electron chi connectivity index (χ0n) is 32.0. The summed E-state index contributed by atoms with van der Waals surface area (Å²) < 4.78 is 23.8. The Balaban J connectivity index is 1.59. The highest BCUT2D eigenvalue weighted by molar-refractivity contribution is 6.39. The molecule has 0 spiro atoms. The Hall–Kier alpha value is -2.37. The van der Waals surface area contributed by atoms with Crippen molar-refractivity contribution in [3.63, 3.8) is 0 Å². The van der Waals surface area contributed by atoms with Crippen LogP contribution in [0.25, 0.3) is 0 Å². The van der Waals surface area contributed by atoms with Gasteiger partial charge in [-0.2, -0.15) is 0 Å². The van der Waals surface area contributed by atoms with Crippen LogP contribution in [-0.2, 0) is 33.3 Å². The van der Waals surface area contributed by atoms with E-state index in [9.17, 15) is 24.6 Å². The number of hydrogen-bond donors (Lipinski definition) is 2. The van der Waals surface area contributed by atoms with E-state index in [1.165, 1.54) is 4.90 Å².